The van der Waals surface area contributed by atoms with Crippen molar-refractivity contribution in [2.24, 2.45) is 11.8 Å². The van der Waals surface area contributed by atoms with Crippen LogP contribution in [0.4, 0.5) is 4.39 Å². The van der Waals surface area contributed by atoms with Gasteiger partial charge in [0.05, 0.1) is 11.7 Å². The number of nitrogens with zero attached hydrogens (tertiary/aromatic N) is 1. The predicted molar refractivity (Wildman–Crippen MR) is 97.6 cm³/mol. The van der Waals surface area contributed by atoms with E-state index in [1.54, 1.807) is 25.3 Å². The summed E-state index contributed by atoms with van der Waals surface area (Å²) in [5.74, 6) is 2.04. The third-order valence-electron chi connectivity index (χ3n) is 6.52. The molecular weight excluding hydrogens is 313 g/mol. The summed E-state index contributed by atoms with van der Waals surface area (Å²) in [6, 6.07) is 9.17. The van der Waals surface area contributed by atoms with Gasteiger partial charge in [0.15, 0.2) is 0 Å². The highest BCUT2D eigenvalue weighted by molar-refractivity contribution is 5.21. The van der Waals surface area contributed by atoms with Gasteiger partial charge in [-0.1, -0.05) is 12.1 Å². The van der Waals surface area contributed by atoms with Crippen LogP contribution in [-0.2, 0) is 4.74 Å². The summed E-state index contributed by atoms with van der Waals surface area (Å²) in [5, 5.41) is 8.78. The zero-order valence-corrected chi connectivity index (χ0v) is 15.1. The molecule has 1 aromatic rings. The lowest BCUT2D eigenvalue weighted by atomic mass is 9.67. The van der Waals surface area contributed by atoms with E-state index in [9.17, 15) is 4.39 Å². The minimum Gasteiger partial charge on any atom is -0.374 e. The Bertz CT molecular complexity index is 614. The maximum absolute atomic E-state index is 13.1. The number of ether oxygens (including phenoxy) is 1. The maximum atomic E-state index is 13.1. The first-order chi connectivity index (χ1) is 12.2. The van der Waals surface area contributed by atoms with Crippen molar-refractivity contribution >= 4 is 0 Å². The van der Waals surface area contributed by atoms with E-state index >= 15 is 0 Å². The van der Waals surface area contributed by atoms with E-state index in [4.69, 9.17) is 10.00 Å². The molecule has 134 valence electrons. The molecule has 3 heteroatoms. The summed E-state index contributed by atoms with van der Waals surface area (Å²) in [5.41, 5.74) is 1.07. The van der Waals surface area contributed by atoms with E-state index in [2.05, 4.69) is 6.07 Å². The highest BCUT2D eigenvalue weighted by Gasteiger charge is 2.37. The maximum Gasteiger partial charge on any atom is 0.123 e. The van der Waals surface area contributed by atoms with Gasteiger partial charge >= 0.3 is 0 Å². The number of rotatable bonds is 4. The highest BCUT2D eigenvalue weighted by atomic mass is 19.1. The van der Waals surface area contributed by atoms with E-state index in [0.29, 0.717) is 5.92 Å². The second-order valence-electron chi connectivity index (χ2n) is 7.73. The largest absolute Gasteiger partial charge is 0.374 e. The summed E-state index contributed by atoms with van der Waals surface area (Å²) in [7, 11) is 1.76. The van der Waals surface area contributed by atoms with Gasteiger partial charge in [-0.3, -0.25) is 0 Å². The van der Waals surface area contributed by atoms with Crippen LogP contribution < -0.4 is 0 Å². The lowest BCUT2D eigenvalue weighted by molar-refractivity contribution is -0.0192. The van der Waals surface area contributed by atoms with Crippen LogP contribution in [-0.4, -0.2) is 12.7 Å². The molecule has 25 heavy (non-hydrogen) atoms. The van der Waals surface area contributed by atoms with Crippen LogP contribution in [0, 0.1) is 29.0 Å². The number of hydrogen-bond donors (Lipinski definition) is 0. The summed E-state index contributed by atoms with van der Waals surface area (Å²) in [6.07, 6.45) is 12.9. The monoisotopic (exact) mass is 341 g/mol. The quantitative estimate of drug-likeness (QED) is 0.653. The first kappa shape index (κ1) is 18.1. The SMILES string of the molecule is CO[C@]1(C=CC#N)CC[C@H]([C@H]2CC[C@H](c3ccc(F)cc3)CC2)CC1. The first-order valence-electron chi connectivity index (χ1n) is 9.54. The van der Waals surface area contributed by atoms with E-state index < -0.39 is 0 Å². The van der Waals surface area contributed by atoms with Gasteiger partial charge in [-0.25, -0.2) is 4.39 Å². The first-order valence-corrected chi connectivity index (χ1v) is 9.54. The van der Waals surface area contributed by atoms with Crippen molar-refractivity contribution in [2.45, 2.75) is 62.9 Å². The van der Waals surface area contributed by atoms with Crippen LogP contribution in [0.25, 0.3) is 0 Å². The predicted octanol–water partition coefficient (Wildman–Crippen LogP) is 5.75. The number of allylic oxidation sites excluding steroid dienone is 1. The molecule has 0 radical (unpaired) electrons. The number of nitriles is 1. The molecule has 3 rings (SSSR count). The zero-order valence-electron chi connectivity index (χ0n) is 15.1. The molecule has 0 aromatic heterocycles. The molecule has 2 aliphatic rings. The number of benzene rings is 1. The Balaban J connectivity index is 1.52. The summed E-state index contributed by atoms with van der Waals surface area (Å²) in [6.45, 7) is 0. The lowest BCUT2D eigenvalue weighted by Gasteiger charge is -2.41. The van der Waals surface area contributed by atoms with Crippen molar-refractivity contribution in [3.05, 3.63) is 47.8 Å². The van der Waals surface area contributed by atoms with Gasteiger partial charge in [0, 0.05) is 13.2 Å². The molecule has 0 atom stereocenters. The molecular formula is C22H28FNO. The Labute approximate surface area is 150 Å². The van der Waals surface area contributed by atoms with Crippen LogP contribution in [0.5, 0.6) is 0 Å². The third-order valence-corrected chi connectivity index (χ3v) is 6.52. The van der Waals surface area contributed by atoms with Gasteiger partial charge in [-0.05, 0) is 92.9 Å². The molecule has 0 saturated heterocycles. The zero-order chi connectivity index (χ0) is 17.7. The van der Waals surface area contributed by atoms with Crippen molar-refractivity contribution in [1.82, 2.24) is 0 Å². The fourth-order valence-corrected chi connectivity index (χ4v) is 4.89. The van der Waals surface area contributed by atoms with Crippen molar-refractivity contribution in [3.8, 4) is 6.07 Å². The fourth-order valence-electron chi connectivity index (χ4n) is 4.89. The van der Waals surface area contributed by atoms with Gasteiger partial charge in [-0.15, -0.1) is 0 Å². The molecule has 2 aliphatic carbocycles. The van der Waals surface area contributed by atoms with Crippen molar-refractivity contribution < 1.29 is 9.13 Å². The molecule has 2 saturated carbocycles. The lowest BCUT2D eigenvalue weighted by Crippen LogP contribution is -2.36. The molecule has 0 spiro atoms. The molecule has 0 heterocycles. The van der Waals surface area contributed by atoms with Crippen molar-refractivity contribution in [2.75, 3.05) is 7.11 Å². The molecule has 0 amide bonds. The minimum atomic E-state index is -0.225. The second-order valence-corrected chi connectivity index (χ2v) is 7.73. The van der Waals surface area contributed by atoms with Crippen molar-refractivity contribution in [3.63, 3.8) is 0 Å². The smallest absolute Gasteiger partial charge is 0.123 e. The third kappa shape index (κ3) is 4.30. The average Bonchev–Trinajstić information content (AvgIpc) is 2.68. The second kappa shape index (κ2) is 8.15. The van der Waals surface area contributed by atoms with E-state index in [1.165, 1.54) is 44.1 Å². The van der Waals surface area contributed by atoms with E-state index in [-0.39, 0.29) is 11.4 Å². The Morgan fingerprint density at radius 2 is 1.64 bits per heavy atom. The van der Waals surface area contributed by atoms with Gasteiger partial charge in [0.25, 0.3) is 0 Å². The van der Waals surface area contributed by atoms with Gasteiger partial charge in [-0.2, -0.15) is 5.26 Å². The van der Waals surface area contributed by atoms with Crippen LogP contribution in [0.3, 0.4) is 0 Å². The Hall–Kier alpha value is -1.66. The molecule has 0 unspecified atom stereocenters. The van der Waals surface area contributed by atoms with Crippen LogP contribution >= 0.6 is 0 Å². The molecule has 0 N–H and O–H groups in total. The molecule has 1 aromatic carbocycles. The Kier molecular flexibility index (Phi) is 5.91. The molecule has 2 nitrogen and oxygen atoms in total. The van der Waals surface area contributed by atoms with Gasteiger partial charge in [0.1, 0.15) is 5.82 Å². The molecule has 0 aliphatic heterocycles. The van der Waals surface area contributed by atoms with Crippen LogP contribution in [0.15, 0.2) is 36.4 Å². The Morgan fingerprint density at radius 3 is 2.20 bits per heavy atom. The average molecular weight is 341 g/mol. The fraction of sp³-hybridized carbons (Fsp3) is 0.591. The van der Waals surface area contributed by atoms with Crippen LogP contribution in [0.2, 0.25) is 0 Å². The summed E-state index contributed by atoms with van der Waals surface area (Å²) >= 11 is 0. The standard InChI is InChI=1S/C22H28FNO/c1-25-22(13-2-16-24)14-11-20(12-15-22)18-5-3-17(4-6-18)19-7-9-21(23)10-8-19/h2,7-10,13,17-18,20H,3-6,11-12,14-15H2,1H3/t17-,18-,20-,22+. The summed E-state index contributed by atoms with van der Waals surface area (Å²) < 4.78 is 18.8. The topological polar surface area (TPSA) is 33.0 Å². The Morgan fingerprint density at radius 1 is 1.04 bits per heavy atom. The number of hydrogen-bond acceptors (Lipinski definition) is 2. The normalized spacial score (nSPS) is 33.2. The number of halogens is 1. The van der Waals surface area contributed by atoms with E-state index in [1.807, 2.05) is 18.2 Å². The number of methoxy groups -OCH3 is 1. The molecule has 0 bridgehead atoms. The van der Waals surface area contributed by atoms with E-state index in [0.717, 1.165) is 24.7 Å². The summed E-state index contributed by atoms with van der Waals surface area (Å²) in [4.78, 5) is 0. The minimum absolute atomic E-state index is 0.147. The molecule has 2 fully saturated rings. The highest BCUT2D eigenvalue weighted by Crippen LogP contribution is 2.45. The van der Waals surface area contributed by atoms with Crippen molar-refractivity contribution in [1.29, 1.82) is 5.26 Å². The van der Waals surface area contributed by atoms with Gasteiger partial charge in [0.2, 0.25) is 0 Å². The van der Waals surface area contributed by atoms with Crippen LogP contribution in [0.1, 0.15) is 62.8 Å². The van der Waals surface area contributed by atoms with Gasteiger partial charge < -0.3 is 4.74 Å².